The summed E-state index contributed by atoms with van der Waals surface area (Å²) in [5.74, 6) is 0.573. The van der Waals surface area contributed by atoms with Gasteiger partial charge in [-0.3, -0.25) is 9.59 Å². The van der Waals surface area contributed by atoms with Crippen LogP contribution in [0.5, 0.6) is 5.75 Å². The van der Waals surface area contributed by atoms with Crippen molar-refractivity contribution in [2.75, 3.05) is 18.6 Å². The molecule has 0 aliphatic carbocycles. The lowest BCUT2D eigenvalue weighted by Crippen LogP contribution is -2.24. The number of methoxy groups -OCH3 is 1. The third-order valence-electron chi connectivity index (χ3n) is 6.12. The summed E-state index contributed by atoms with van der Waals surface area (Å²) in [4.78, 5) is 27.1. The third kappa shape index (κ3) is 4.66. The molecule has 0 bridgehead atoms. The fourth-order valence-electron chi connectivity index (χ4n) is 4.28. The summed E-state index contributed by atoms with van der Waals surface area (Å²) in [5, 5.41) is 7.75. The van der Waals surface area contributed by atoms with Gasteiger partial charge in [-0.15, -0.1) is 0 Å². The third-order valence-corrected chi connectivity index (χ3v) is 6.12. The van der Waals surface area contributed by atoms with Gasteiger partial charge in [0.2, 0.25) is 5.91 Å². The Morgan fingerprint density at radius 3 is 2.43 bits per heavy atom. The molecular formula is C28H26N4O3. The molecule has 7 nitrogen and oxygen atoms in total. The summed E-state index contributed by atoms with van der Waals surface area (Å²) < 4.78 is 7.24. The minimum absolute atomic E-state index is 0.158. The summed E-state index contributed by atoms with van der Waals surface area (Å²) in [6.07, 6.45) is 3.24. The van der Waals surface area contributed by atoms with E-state index in [4.69, 9.17) is 9.84 Å². The van der Waals surface area contributed by atoms with Crippen LogP contribution in [-0.2, 0) is 11.3 Å². The number of para-hydroxylation sites is 2. The van der Waals surface area contributed by atoms with Crippen molar-refractivity contribution in [3.05, 3.63) is 96.2 Å². The van der Waals surface area contributed by atoms with Gasteiger partial charge in [0.25, 0.3) is 5.91 Å². The molecule has 2 amide bonds. The van der Waals surface area contributed by atoms with Crippen LogP contribution in [0.15, 0.2) is 85.1 Å². The molecule has 2 heterocycles. The van der Waals surface area contributed by atoms with E-state index in [1.54, 1.807) is 22.9 Å². The molecule has 1 fully saturated rings. The lowest BCUT2D eigenvalue weighted by atomic mass is 10.1. The van der Waals surface area contributed by atoms with Crippen LogP contribution in [0.4, 0.5) is 5.69 Å². The number of hydrogen-bond acceptors (Lipinski definition) is 4. The highest BCUT2D eigenvalue weighted by molar-refractivity contribution is 6.00. The summed E-state index contributed by atoms with van der Waals surface area (Å²) in [6, 6.07) is 24.9. The van der Waals surface area contributed by atoms with Crippen LogP contribution in [0.2, 0.25) is 0 Å². The van der Waals surface area contributed by atoms with E-state index in [2.05, 4.69) is 5.32 Å². The number of hydrogen-bond donors (Lipinski definition) is 1. The quantitative estimate of drug-likeness (QED) is 0.432. The van der Waals surface area contributed by atoms with Crippen LogP contribution in [0.25, 0.3) is 16.9 Å². The molecule has 0 saturated carbocycles. The zero-order chi connectivity index (χ0) is 24.2. The minimum atomic E-state index is -0.230. The van der Waals surface area contributed by atoms with Crippen LogP contribution in [0.3, 0.4) is 0 Å². The van der Waals surface area contributed by atoms with Gasteiger partial charge in [0.05, 0.1) is 18.4 Å². The fraction of sp³-hybridized carbons (Fsp3) is 0.179. The Bertz CT molecular complexity index is 1350. The van der Waals surface area contributed by atoms with Gasteiger partial charge in [-0.1, -0.05) is 42.5 Å². The summed E-state index contributed by atoms with van der Waals surface area (Å²) in [5.41, 5.74) is 4.45. The average Bonchev–Trinajstić information content (AvgIpc) is 3.55. The highest BCUT2D eigenvalue weighted by Crippen LogP contribution is 2.32. The minimum Gasteiger partial charge on any atom is -0.496 e. The van der Waals surface area contributed by atoms with Crippen molar-refractivity contribution in [3.8, 4) is 22.7 Å². The van der Waals surface area contributed by atoms with E-state index in [9.17, 15) is 9.59 Å². The first-order valence-corrected chi connectivity index (χ1v) is 11.6. The van der Waals surface area contributed by atoms with Gasteiger partial charge in [-0.05, 0) is 48.4 Å². The molecule has 1 aliphatic rings. The number of benzene rings is 3. The molecular weight excluding hydrogens is 440 g/mol. The second-order valence-corrected chi connectivity index (χ2v) is 8.37. The molecule has 35 heavy (non-hydrogen) atoms. The molecule has 0 radical (unpaired) electrons. The Balaban J connectivity index is 1.39. The number of anilines is 1. The standard InChI is InChI=1S/C28H26N4O3/c1-35-25-11-6-5-10-23(25)27-24(19-32(30-27)22-8-3-2-4-9-22)28(34)29-18-20-13-15-21(16-14-20)31-17-7-12-26(31)33/h2-6,8-11,13-16,19H,7,12,17-18H2,1H3,(H,29,34). The number of rotatable bonds is 7. The first kappa shape index (κ1) is 22.4. The number of aromatic nitrogens is 2. The largest absolute Gasteiger partial charge is 0.496 e. The summed E-state index contributed by atoms with van der Waals surface area (Å²) in [6.45, 7) is 1.11. The number of amides is 2. The van der Waals surface area contributed by atoms with E-state index in [0.29, 0.717) is 30.0 Å². The van der Waals surface area contributed by atoms with E-state index in [-0.39, 0.29) is 11.8 Å². The van der Waals surface area contributed by atoms with Gasteiger partial charge in [-0.2, -0.15) is 5.10 Å². The Kier molecular flexibility index (Phi) is 6.30. The number of carbonyl (C=O) groups is 2. The summed E-state index contributed by atoms with van der Waals surface area (Å²) in [7, 11) is 1.60. The molecule has 5 rings (SSSR count). The number of ether oxygens (including phenoxy) is 1. The molecule has 7 heteroatoms. The van der Waals surface area contributed by atoms with E-state index >= 15 is 0 Å². The topological polar surface area (TPSA) is 76.5 Å². The molecule has 0 atom stereocenters. The monoisotopic (exact) mass is 466 g/mol. The van der Waals surface area contributed by atoms with E-state index in [1.807, 2.05) is 78.9 Å². The van der Waals surface area contributed by atoms with Crippen molar-refractivity contribution >= 4 is 17.5 Å². The van der Waals surface area contributed by atoms with Crippen molar-refractivity contribution in [3.63, 3.8) is 0 Å². The molecule has 3 aromatic carbocycles. The van der Waals surface area contributed by atoms with Crippen LogP contribution in [-0.4, -0.2) is 35.2 Å². The SMILES string of the molecule is COc1ccccc1-c1nn(-c2ccccc2)cc1C(=O)NCc1ccc(N2CCCC2=O)cc1. The Morgan fingerprint density at radius 2 is 1.71 bits per heavy atom. The Hall–Kier alpha value is -4.39. The lowest BCUT2D eigenvalue weighted by molar-refractivity contribution is -0.117. The van der Waals surface area contributed by atoms with Crippen molar-refractivity contribution in [2.24, 2.45) is 0 Å². The highest BCUT2D eigenvalue weighted by Gasteiger charge is 2.22. The highest BCUT2D eigenvalue weighted by atomic mass is 16.5. The zero-order valence-corrected chi connectivity index (χ0v) is 19.5. The van der Waals surface area contributed by atoms with Crippen molar-refractivity contribution in [2.45, 2.75) is 19.4 Å². The zero-order valence-electron chi connectivity index (χ0n) is 19.5. The van der Waals surface area contributed by atoms with Gasteiger partial charge in [-0.25, -0.2) is 4.68 Å². The van der Waals surface area contributed by atoms with E-state index in [0.717, 1.165) is 35.5 Å². The molecule has 0 spiro atoms. The Morgan fingerprint density at radius 1 is 0.971 bits per heavy atom. The van der Waals surface area contributed by atoms with Crippen molar-refractivity contribution < 1.29 is 14.3 Å². The lowest BCUT2D eigenvalue weighted by Gasteiger charge is -2.16. The molecule has 0 unspecified atom stereocenters. The Labute approximate surface area is 204 Å². The molecule has 176 valence electrons. The van der Waals surface area contributed by atoms with E-state index < -0.39 is 0 Å². The number of nitrogens with zero attached hydrogens (tertiary/aromatic N) is 3. The first-order valence-electron chi connectivity index (χ1n) is 11.6. The molecule has 1 N–H and O–H groups in total. The second kappa shape index (κ2) is 9.85. The van der Waals surface area contributed by atoms with Gasteiger partial charge < -0.3 is 15.0 Å². The first-order chi connectivity index (χ1) is 17.1. The van der Waals surface area contributed by atoms with Crippen molar-refractivity contribution in [1.82, 2.24) is 15.1 Å². The average molecular weight is 467 g/mol. The molecule has 1 aromatic heterocycles. The molecule has 1 aliphatic heterocycles. The smallest absolute Gasteiger partial charge is 0.255 e. The maximum atomic E-state index is 13.3. The van der Waals surface area contributed by atoms with Gasteiger partial charge >= 0.3 is 0 Å². The van der Waals surface area contributed by atoms with Crippen LogP contribution >= 0.6 is 0 Å². The maximum Gasteiger partial charge on any atom is 0.255 e. The van der Waals surface area contributed by atoms with E-state index in [1.165, 1.54) is 0 Å². The van der Waals surface area contributed by atoms with Crippen LogP contribution in [0.1, 0.15) is 28.8 Å². The van der Waals surface area contributed by atoms with Gasteiger partial charge in [0.1, 0.15) is 11.4 Å². The molecule has 1 saturated heterocycles. The molecule has 4 aromatic rings. The summed E-state index contributed by atoms with van der Waals surface area (Å²) >= 11 is 0. The fourth-order valence-corrected chi connectivity index (χ4v) is 4.28. The predicted octanol–water partition coefficient (Wildman–Crippen LogP) is 4.60. The maximum absolute atomic E-state index is 13.3. The normalized spacial score (nSPS) is 13.2. The second-order valence-electron chi connectivity index (χ2n) is 8.37. The van der Waals surface area contributed by atoms with Gasteiger partial charge in [0, 0.05) is 37.0 Å². The number of carbonyl (C=O) groups excluding carboxylic acids is 2. The van der Waals surface area contributed by atoms with Gasteiger partial charge in [0.15, 0.2) is 0 Å². The van der Waals surface area contributed by atoms with Crippen LogP contribution < -0.4 is 15.0 Å². The number of nitrogens with one attached hydrogen (secondary N) is 1. The van der Waals surface area contributed by atoms with Crippen molar-refractivity contribution in [1.29, 1.82) is 0 Å². The van der Waals surface area contributed by atoms with Crippen LogP contribution in [0, 0.1) is 0 Å². The predicted molar refractivity (Wildman–Crippen MR) is 135 cm³/mol.